The van der Waals surface area contributed by atoms with Crippen molar-refractivity contribution in [3.8, 4) is 0 Å². The van der Waals surface area contributed by atoms with E-state index in [9.17, 15) is 10.1 Å². The lowest BCUT2D eigenvalue weighted by molar-refractivity contribution is -0.696. The van der Waals surface area contributed by atoms with Gasteiger partial charge in [-0.1, -0.05) is 19.4 Å². The maximum Gasteiger partial charge on any atom is 0.297 e. The molecule has 1 N–H and O–H groups in total. The maximum atomic E-state index is 11.0. The number of benzene rings is 1. The number of nitrogens with zero attached hydrogens (tertiary/aromatic N) is 4. The van der Waals surface area contributed by atoms with E-state index in [0.29, 0.717) is 17.5 Å². The van der Waals surface area contributed by atoms with Crippen molar-refractivity contribution in [2.75, 3.05) is 0 Å². The van der Waals surface area contributed by atoms with Gasteiger partial charge >= 0.3 is 0 Å². The van der Waals surface area contributed by atoms with E-state index in [1.807, 2.05) is 12.3 Å². The predicted molar refractivity (Wildman–Crippen MR) is 86.0 cm³/mol. The van der Waals surface area contributed by atoms with Gasteiger partial charge in [-0.25, -0.2) is 14.1 Å². The van der Waals surface area contributed by atoms with E-state index in [0.717, 1.165) is 18.9 Å². The van der Waals surface area contributed by atoms with Gasteiger partial charge in [0.2, 0.25) is 6.33 Å². The Hall–Kier alpha value is -2.41. The number of hydrogen-bond acceptors (Lipinski definition) is 3. The van der Waals surface area contributed by atoms with Gasteiger partial charge in [0.25, 0.3) is 5.69 Å². The normalized spacial score (nSPS) is 10.7. The number of aromatic amines is 1. The fraction of sp³-hybridized carbons (Fsp3) is 0.375. The molecule has 1 aromatic carbocycles. The average molecular weight is 350 g/mol. The lowest BCUT2D eigenvalue weighted by atomic mass is 10.3. The highest BCUT2D eigenvalue weighted by atomic mass is 35.5. The van der Waals surface area contributed by atoms with E-state index in [1.54, 1.807) is 6.07 Å². The minimum Gasteiger partial charge on any atom is -1.00 e. The van der Waals surface area contributed by atoms with Gasteiger partial charge in [-0.05, 0) is 12.5 Å². The fourth-order valence-electron chi connectivity index (χ4n) is 2.61. The minimum absolute atomic E-state index is 0. The monoisotopic (exact) mass is 349 g/mol. The standard InChI is InChI=1S/C16H20N5O2.ClH/c1-2-3-8-19-10-11-20(12-19)9-7-15-17-13-5-4-6-14(21(22)23)16(13)18-15;/h4-6,10-12H,2-3,7-9H2,1H3,(H,17,18);1H/q+1;/p-1. The summed E-state index contributed by atoms with van der Waals surface area (Å²) in [7, 11) is 0. The highest BCUT2D eigenvalue weighted by Gasteiger charge is 2.15. The molecule has 2 aromatic heterocycles. The number of nitrogens with one attached hydrogen (secondary N) is 1. The molecule has 2 heterocycles. The van der Waals surface area contributed by atoms with Gasteiger partial charge in [-0.3, -0.25) is 10.1 Å². The zero-order chi connectivity index (χ0) is 16.2. The first-order chi connectivity index (χ1) is 11.2. The Bertz CT molecular complexity index is 827. The summed E-state index contributed by atoms with van der Waals surface area (Å²) in [6, 6.07) is 4.97. The van der Waals surface area contributed by atoms with E-state index >= 15 is 0 Å². The maximum absolute atomic E-state index is 11.0. The van der Waals surface area contributed by atoms with Crippen LogP contribution in [0.2, 0.25) is 0 Å². The number of hydrogen-bond donors (Lipinski definition) is 1. The minimum atomic E-state index is -0.393. The van der Waals surface area contributed by atoms with Crippen LogP contribution >= 0.6 is 0 Å². The Morgan fingerprint density at radius 2 is 2.25 bits per heavy atom. The van der Waals surface area contributed by atoms with Crippen molar-refractivity contribution < 1.29 is 21.9 Å². The molecule has 0 fully saturated rings. The number of fused-ring (bicyclic) bond motifs is 1. The number of nitro groups is 1. The molecule has 0 atom stereocenters. The molecule has 24 heavy (non-hydrogen) atoms. The number of nitro benzene ring substituents is 1. The van der Waals surface area contributed by atoms with Gasteiger partial charge in [0.15, 0.2) is 5.52 Å². The van der Waals surface area contributed by atoms with Gasteiger partial charge < -0.3 is 17.4 Å². The zero-order valence-corrected chi connectivity index (χ0v) is 14.2. The molecule has 128 valence electrons. The number of imidazole rings is 2. The Morgan fingerprint density at radius 1 is 1.42 bits per heavy atom. The lowest BCUT2D eigenvalue weighted by Crippen LogP contribution is -3.00. The van der Waals surface area contributed by atoms with E-state index in [1.165, 1.54) is 18.9 Å². The van der Waals surface area contributed by atoms with E-state index in [2.05, 4.69) is 38.6 Å². The quantitative estimate of drug-likeness (QED) is 0.358. The second kappa shape index (κ2) is 7.92. The third-order valence-corrected chi connectivity index (χ3v) is 3.86. The second-order valence-electron chi connectivity index (χ2n) is 5.61. The van der Waals surface area contributed by atoms with Crippen LogP contribution in [0.1, 0.15) is 25.6 Å². The highest BCUT2D eigenvalue weighted by Crippen LogP contribution is 2.23. The number of H-pyrrole nitrogens is 1. The molecule has 3 rings (SSSR count). The Morgan fingerprint density at radius 3 is 3.00 bits per heavy atom. The average Bonchev–Trinajstić information content (AvgIpc) is 3.16. The first-order valence-electron chi connectivity index (χ1n) is 7.84. The van der Waals surface area contributed by atoms with Crippen LogP contribution in [0.25, 0.3) is 11.0 Å². The lowest BCUT2D eigenvalue weighted by Gasteiger charge is -1.95. The second-order valence-corrected chi connectivity index (χ2v) is 5.61. The van der Waals surface area contributed by atoms with Crippen molar-refractivity contribution in [1.82, 2.24) is 14.5 Å². The van der Waals surface area contributed by atoms with E-state index in [4.69, 9.17) is 0 Å². The topological polar surface area (TPSA) is 80.6 Å². The summed E-state index contributed by atoms with van der Waals surface area (Å²) in [4.78, 5) is 18.2. The van der Waals surface area contributed by atoms with Crippen LogP contribution in [0.5, 0.6) is 0 Å². The molecule has 0 aliphatic heterocycles. The number of halogens is 1. The third-order valence-electron chi connectivity index (χ3n) is 3.86. The summed E-state index contributed by atoms with van der Waals surface area (Å²) < 4.78 is 4.28. The molecule has 0 amide bonds. The molecular formula is C16H20ClN5O2. The van der Waals surface area contributed by atoms with Crippen molar-refractivity contribution in [2.24, 2.45) is 0 Å². The van der Waals surface area contributed by atoms with Crippen LogP contribution in [0.15, 0.2) is 36.9 Å². The summed E-state index contributed by atoms with van der Waals surface area (Å²) in [5.74, 6) is 0.767. The molecule has 0 radical (unpaired) electrons. The van der Waals surface area contributed by atoms with Crippen LogP contribution in [0.3, 0.4) is 0 Å². The molecule has 0 saturated heterocycles. The number of para-hydroxylation sites is 1. The number of unbranched alkanes of at least 4 members (excludes halogenated alkanes) is 1. The Kier molecular flexibility index (Phi) is 5.92. The van der Waals surface area contributed by atoms with Crippen LogP contribution < -0.4 is 17.0 Å². The van der Waals surface area contributed by atoms with Gasteiger partial charge in [0.05, 0.1) is 23.5 Å². The number of aromatic nitrogens is 4. The molecule has 0 aliphatic carbocycles. The van der Waals surface area contributed by atoms with Gasteiger partial charge in [0.1, 0.15) is 18.2 Å². The summed E-state index contributed by atoms with van der Waals surface area (Å²) in [6.45, 7) is 3.99. The van der Waals surface area contributed by atoms with Gasteiger partial charge in [0, 0.05) is 12.5 Å². The SMILES string of the molecule is CCCC[n+]1ccn(CCc2nc3c([N+](=O)[O-])cccc3[nH]2)c1.[Cl-]. The summed E-state index contributed by atoms with van der Waals surface area (Å²) in [5, 5.41) is 11.0. The smallest absolute Gasteiger partial charge is 0.297 e. The van der Waals surface area contributed by atoms with Crippen LogP contribution in [-0.2, 0) is 19.5 Å². The molecule has 0 aliphatic rings. The van der Waals surface area contributed by atoms with Gasteiger partial charge in [-0.2, -0.15) is 0 Å². The summed E-state index contributed by atoms with van der Waals surface area (Å²) in [6.07, 6.45) is 9.24. The highest BCUT2D eigenvalue weighted by molar-refractivity contribution is 5.84. The zero-order valence-electron chi connectivity index (χ0n) is 13.5. The molecular weight excluding hydrogens is 330 g/mol. The van der Waals surface area contributed by atoms with Crippen molar-refractivity contribution in [1.29, 1.82) is 0 Å². The first-order valence-corrected chi connectivity index (χ1v) is 7.84. The third kappa shape index (κ3) is 3.91. The molecule has 8 heteroatoms. The van der Waals surface area contributed by atoms with Gasteiger partial charge in [-0.15, -0.1) is 0 Å². The van der Waals surface area contributed by atoms with Crippen molar-refractivity contribution in [2.45, 2.75) is 39.3 Å². The molecule has 0 saturated carbocycles. The predicted octanol–water partition coefficient (Wildman–Crippen LogP) is -0.393. The number of rotatable bonds is 7. The molecule has 3 aromatic rings. The van der Waals surface area contributed by atoms with E-state index < -0.39 is 4.92 Å². The molecule has 0 bridgehead atoms. The molecule has 0 unspecified atom stereocenters. The van der Waals surface area contributed by atoms with Crippen LogP contribution in [0, 0.1) is 10.1 Å². The molecule has 0 spiro atoms. The largest absolute Gasteiger partial charge is 1.00 e. The first kappa shape index (κ1) is 17.9. The summed E-state index contributed by atoms with van der Waals surface area (Å²) in [5.41, 5.74) is 1.18. The van der Waals surface area contributed by atoms with Crippen molar-refractivity contribution >= 4 is 16.7 Å². The van der Waals surface area contributed by atoms with E-state index in [-0.39, 0.29) is 18.1 Å². The Labute approximate surface area is 145 Å². The van der Waals surface area contributed by atoms with Crippen molar-refractivity contribution in [3.63, 3.8) is 0 Å². The number of non-ortho nitro benzene ring substituents is 1. The van der Waals surface area contributed by atoms with Crippen LogP contribution in [-0.4, -0.2) is 19.5 Å². The number of aryl methyl sites for hydroxylation is 3. The fourth-order valence-corrected chi connectivity index (χ4v) is 2.61. The van der Waals surface area contributed by atoms with Crippen molar-refractivity contribution in [3.05, 3.63) is 52.9 Å². The Balaban J connectivity index is 0.00000208. The summed E-state index contributed by atoms with van der Waals surface area (Å²) >= 11 is 0. The molecule has 7 nitrogen and oxygen atoms in total. The van der Waals surface area contributed by atoms with Crippen LogP contribution in [0.4, 0.5) is 5.69 Å².